The Kier molecular flexibility index (Phi) is 10.3. The van der Waals surface area contributed by atoms with Crippen molar-refractivity contribution in [2.75, 3.05) is 71.4 Å². The van der Waals surface area contributed by atoms with Gasteiger partial charge in [0.15, 0.2) is 5.65 Å². The summed E-state index contributed by atoms with van der Waals surface area (Å²) in [5, 5.41) is 5.92. The number of aromatic nitrogens is 4. The van der Waals surface area contributed by atoms with Crippen LogP contribution < -0.4 is 16.2 Å². The molecule has 4 N–H and O–H groups in total. The number of nitrogen functional groups attached to an aromatic ring is 1. The summed E-state index contributed by atoms with van der Waals surface area (Å²) in [5.74, 6) is 2.03. The highest BCUT2D eigenvalue weighted by Crippen LogP contribution is 2.37. The van der Waals surface area contributed by atoms with Crippen molar-refractivity contribution in [3.05, 3.63) is 60.9 Å². The van der Waals surface area contributed by atoms with Crippen LogP contribution in [0.15, 0.2) is 60.9 Å². The predicted octanol–water partition coefficient (Wildman–Crippen LogP) is 3.96. The summed E-state index contributed by atoms with van der Waals surface area (Å²) < 4.78 is 19.2. The highest BCUT2D eigenvalue weighted by molar-refractivity contribution is 5.98. The van der Waals surface area contributed by atoms with Gasteiger partial charge in [0.2, 0.25) is 0 Å². The van der Waals surface area contributed by atoms with Crippen LogP contribution in [0.4, 0.5) is 5.82 Å². The molecule has 11 heteroatoms. The molecule has 1 aliphatic carbocycles. The highest BCUT2D eigenvalue weighted by atomic mass is 16.5. The van der Waals surface area contributed by atoms with Gasteiger partial charge in [-0.3, -0.25) is 9.80 Å². The molecule has 2 fully saturated rings. The smallest absolute Gasteiger partial charge is 0.164 e. The Hall–Kier alpha value is -3.61. The lowest BCUT2D eigenvalue weighted by Crippen LogP contribution is -2.51. The van der Waals surface area contributed by atoms with Gasteiger partial charge in [0.05, 0.1) is 37.9 Å². The second-order valence-electron chi connectivity index (χ2n) is 11.5. The second-order valence-corrected chi connectivity index (χ2v) is 11.5. The van der Waals surface area contributed by atoms with Crippen LogP contribution in [-0.2, 0) is 9.47 Å². The molecule has 2 aliphatic rings. The summed E-state index contributed by atoms with van der Waals surface area (Å²) in [6.07, 6.45) is 5.98. The number of nitrogens with two attached hydrogens (primary N) is 2. The summed E-state index contributed by atoms with van der Waals surface area (Å²) in [4.78, 5) is 14.1. The van der Waals surface area contributed by atoms with Crippen LogP contribution >= 0.6 is 0 Å². The lowest BCUT2D eigenvalue weighted by atomic mass is 9.90. The van der Waals surface area contributed by atoms with Gasteiger partial charge < -0.3 is 25.7 Å². The maximum atomic E-state index is 6.41. The van der Waals surface area contributed by atoms with Crippen molar-refractivity contribution in [1.29, 1.82) is 0 Å². The molecular formula is C33H44N8O3. The number of benzene rings is 2. The first-order chi connectivity index (χ1) is 21.7. The minimum Gasteiger partial charge on any atom is -0.457 e. The SMILES string of the molecule is NCCOCCOCCN1CCN([C@H]2CC[C@H](n3nc(-c4ccc(Oc5ccccc5)cc4)c4c(N)ncnc43)CC2)CC1. The van der Waals surface area contributed by atoms with E-state index >= 15 is 0 Å². The molecule has 6 rings (SSSR count). The number of hydrogen-bond donors (Lipinski definition) is 2. The van der Waals surface area contributed by atoms with Crippen molar-refractivity contribution in [2.24, 2.45) is 5.73 Å². The summed E-state index contributed by atoms with van der Waals surface area (Å²) in [7, 11) is 0. The van der Waals surface area contributed by atoms with Gasteiger partial charge in [-0.15, -0.1) is 0 Å². The molecule has 0 spiro atoms. The van der Waals surface area contributed by atoms with Crippen molar-refractivity contribution in [1.82, 2.24) is 29.5 Å². The van der Waals surface area contributed by atoms with Gasteiger partial charge in [-0.2, -0.15) is 5.10 Å². The number of rotatable bonds is 13. The van der Waals surface area contributed by atoms with Crippen molar-refractivity contribution < 1.29 is 14.2 Å². The van der Waals surface area contributed by atoms with Gasteiger partial charge in [0, 0.05) is 50.9 Å². The third-order valence-corrected chi connectivity index (χ3v) is 8.75. The summed E-state index contributed by atoms with van der Waals surface area (Å²) in [5.41, 5.74) is 14.4. The molecule has 11 nitrogen and oxygen atoms in total. The fourth-order valence-corrected chi connectivity index (χ4v) is 6.38. The summed E-state index contributed by atoms with van der Waals surface area (Å²) in [6.45, 7) is 8.50. The van der Waals surface area contributed by atoms with Crippen LogP contribution in [0.3, 0.4) is 0 Å². The predicted molar refractivity (Wildman–Crippen MR) is 172 cm³/mol. The van der Waals surface area contributed by atoms with E-state index in [1.807, 2.05) is 54.6 Å². The Bertz CT molecular complexity index is 1450. The van der Waals surface area contributed by atoms with E-state index in [9.17, 15) is 0 Å². The quantitative estimate of drug-likeness (QED) is 0.218. The maximum absolute atomic E-state index is 6.41. The van der Waals surface area contributed by atoms with E-state index in [1.54, 1.807) is 6.33 Å². The Morgan fingerprint density at radius 3 is 2.16 bits per heavy atom. The molecule has 1 saturated carbocycles. The molecule has 1 aliphatic heterocycles. The second kappa shape index (κ2) is 14.9. The number of hydrogen-bond acceptors (Lipinski definition) is 10. The lowest BCUT2D eigenvalue weighted by Gasteiger charge is -2.42. The number of para-hydroxylation sites is 1. The average molecular weight is 601 g/mol. The molecule has 0 radical (unpaired) electrons. The standard InChI is InChI=1S/C33H44N8O3/c34-14-20-42-22-23-43-21-19-39-15-17-40(18-16-39)26-8-10-27(11-9-26)41-33-30(32(35)36-24-37-33)31(38-41)25-6-12-29(13-7-25)44-28-4-2-1-3-5-28/h1-7,12-13,24,26-27H,8-11,14-23,34H2,(H2,35,36,37)/t26-,27-. The van der Waals surface area contributed by atoms with Crippen LogP contribution in [0.2, 0.25) is 0 Å². The first-order valence-corrected chi connectivity index (χ1v) is 15.8. The molecule has 1 saturated heterocycles. The minimum atomic E-state index is 0.282. The average Bonchev–Trinajstić information content (AvgIpc) is 3.47. The van der Waals surface area contributed by atoms with E-state index in [0.717, 1.165) is 98.8 Å². The zero-order valence-corrected chi connectivity index (χ0v) is 25.4. The van der Waals surface area contributed by atoms with E-state index in [0.29, 0.717) is 38.2 Å². The van der Waals surface area contributed by atoms with Crippen LogP contribution in [0.1, 0.15) is 31.7 Å². The fourth-order valence-electron chi connectivity index (χ4n) is 6.38. The summed E-state index contributed by atoms with van der Waals surface area (Å²) in [6, 6.07) is 18.6. The van der Waals surface area contributed by atoms with Crippen LogP contribution in [-0.4, -0.2) is 101 Å². The molecule has 234 valence electrons. The molecule has 44 heavy (non-hydrogen) atoms. The molecule has 0 atom stereocenters. The molecule has 0 unspecified atom stereocenters. The highest BCUT2D eigenvalue weighted by Gasteiger charge is 2.31. The van der Waals surface area contributed by atoms with E-state index in [1.165, 1.54) is 0 Å². The van der Waals surface area contributed by atoms with Crippen LogP contribution in [0, 0.1) is 0 Å². The Labute approximate surface area is 259 Å². The van der Waals surface area contributed by atoms with Crippen LogP contribution in [0.5, 0.6) is 11.5 Å². The Morgan fingerprint density at radius 1 is 0.750 bits per heavy atom. The third kappa shape index (κ3) is 7.36. The third-order valence-electron chi connectivity index (χ3n) is 8.75. The summed E-state index contributed by atoms with van der Waals surface area (Å²) >= 11 is 0. The normalized spacial score (nSPS) is 19.8. The van der Waals surface area contributed by atoms with Gasteiger partial charge in [-0.25, -0.2) is 14.6 Å². The number of fused-ring (bicyclic) bond motifs is 1. The van der Waals surface area contributed by atoms with Crippen molar-refractivity contribution in [2.45, 2.75) is 37.8 Å². The van der Waals surface area contributed by atoms with E-state index in [4.69, 9.17) is 30.8 Å². The molecule has 2 aromatic carbocycles. The Morgan fingerprint density at radius 2 is 1.43 bits per heavy atom. The first kappa shape index (κ1) is 30.4. The lowest BCUT2D eigenvalue weighted by molar-refractivity contribution is 0.0257. The van der Waals surface area contributed by atoms with E-state index < -0.39 is 0 Å². The zero-order valence-electron chi connectivity index (χ0n) is 25.4. The number of nitrogens with zero attached hydrogens (tertiary/aromatic N) is 6. The first-order valence-electron chi connectivity index (χ1n) is 15.8. The number of ether oxygens (including phenoxy) is 3. The largest absolute Gasteiger partial charge is 0.457 e. The Balaban J connectivity index is 1.04. The molecule has 0 amide bonds. The van der Waals surface area contributed by atoms with Gasteiger partial charge in [-0.1, -0.05) is 18.2 Å². The molecule has 2 aromatic heterocycles. The zero-order chi connectivity index (χ0) is 30.1. The van der Waals surface area contributed by atoms with Crippen molar-refractivity contribution in [3.8, 4) is 22.8 Å². The topological polar surface area (TPSA) is 130 Å². The van der Waals surface area contributed by atoms with Gasteiger partial charge >= 0.3 is 0 Å². The maximum Gasteiger partial charge on any atom is 0.164 e. The van der Waals surface area contributed by atoms with E-state index in [2.05, 4.69) is 24.4 Å². The monoisotopic (exact) mass is 600 g/mol. The fraction of sp³-hybridized carbons (Fsp3) is 0.485. The van der Waals surface area contributed by atoms with Crippen LogP contribution in [0.25, 0.3) is 22.3 Å². The minimum absolute atomic E-state index is 0.282. The molecule has 3 heterocycles. The van der Waals surface area contributed by atoms with Gasteiger partial charge in [0.1, 0.15) is 29.3 Å². The van der Waals surface area contributed by atoms with Gasteiger partial charge in [0.25, 0.3) is 0 Å². The van der Waals surface area contributed by atoms with Crippen molar-refractivity contribution >= 4 is 16.9 Å². The molecular weight excluding hydrogens is 556 g/mol. The molecule has 0 bridgehead atoms. The number of anilines is 1. The van der Waals surface area contributed by atoms with Crippen molar-refractivity contribution in [3.63, 3.8) is 0 Å². The van der Waals surface area contributed by atoms with E-state index in [-0.39, 0.29) is 6.04 Å². The molecule has 4 aromatic rings. The number of piperazine rings is 1. The van der Waals surface area contributed by atoms with Gasteiger partial charge in [-0.05, 0) is 62.1 Å².